The van der Waals surface area contributed by atoms with E-state index in [4.69, 9.17) is 9.47 Å². The third-order valence-electron chi connectivity index (χ3n) is 5.46. The lowest BCUT2D eigenvalue weighted by molar-refractivity contribution is 0.143. The Labute approximate surface area is 154 Å². The Bertz CT molecular complexity index is 876. The summed E-state index contributed by atoms with van der Waals surface area (Å²) in [6.07, 6.45) is 1.65. The first kappa shape index (κ1) is 16.8. The molecular weight excluding hydrogens is 328 g/mol. The summed E-state index contributed by atoms with van der Waals surface area (Å²) in [6.45, 7) is 0.714. The fraction of sp³-hybridized carbons (Fsp3) is 0.381. The van der Waals surface area contributed by atoms with Crippen LogP contribution < -0.4 is 9.47 Å². The van der Waals surface area contributed by atoms with Crippen LogP contribution in [0.25, 0.3) is 11.1 Å². The summed E-state index contributed by atoms with van der Waals surface area (Å²) in [6, 6.07) is 10.5. The lowest BCUT2D eigenvalue weighted by atomic mass is 9.76. The Balaban J connectivity index is 1.99. The molecule has 0 bridgehead atoms. The van der Waals surface area contributed by atoms with Crippen molar-refractivity contribution in [3.05, 3.63) is 47.0 Å². The largest absolute Gasteiger partial charge is 0.493 e. The normalized spacial score (nSPS) is 17.2. The second-order valence-corrected chi connectivity index (χ2v) is 7.06. The van der Waals surface area contributed by atoms with Crippen molar-refractivity contribution in [1.29, 1.82) is 0 Å². The van der Waals surface area contributed by atoms with E-state index in [1.54, 1.807) is 19.1 Å². The number of hydrogen-bond donors (Lipinski definition) is 0. The molecule has 0 N–H and O–H groups in total. The van der Waals surface area contributed by atoms with Gasteiger partial charge in [0.15, 0.2) is 11.5 Å². The van der Waals surface area contributed by atoms with Gasteiger partial charge in [0, 0.05) is 26.2 Å². The topological polar surface area (TPSA) is 42.0 Å². The van der Waals surface area contributed by atoms with Crippen LogP contribution in [-0.2, 0) is 12.8 Å². The van der Waals surface area contributed by atoms with E-state index in [2.05, 4.69) is 30.3 Å². The van der Waals surface area contributed by atoms with E-state index in [-0.39, 0.29) is 12.1 Å². The van der Waals surface area contributed by atoms with Gasteiger partial charge in [0.05, 0.1) is 20.3 Å². The third kappa shape index (κ3) is 2.34. The molecule has 0 fully saturated rings. The van der Waals surface area contributed by atoms with Crippen LogP contribution in [0, 0.1) is 0 Å². The number of nitrogens with zero attached hydrogens (tertiary/aromatic N) is 2. The summed E-state index contributed by atoms with van der Waals surface area (Å²) in [4.78, 5) is 16.5. The van der Waals surface area contributed by atoms with Crippen LogP contribution in [0.1, 0.15) is 22.7 Å². The summed E-state index contributed by atoms with van der Waals surface area (Å²) in [5, 5.41) is 0. The number of carbonyl (C=O) groups is 1. The predicted octanol–water partition coefficient (Wildman–Crippen LogP) is 3.51. The monoisotopic (exact) mass is 352 g/mol. The summed E-state index contributed by atoms with van der Waals surface area (Å²) >= 11 is 0. The molecule has 26 heavy (non-hydrogen) atoms. The molecule has 5 nitrogen and oxygen atoms in total. The summed E-state index contributed by atoms with van der Waals surface area (Å²) < 4.78 is 11.4. The number of methoxy groups -OCH3 is 2. The van der Waals surface area contributed by atoms with E-state index in [1.165, 1.54) is 22.3 Å². The van der Waals surface area contributed by atoms with Crippen molar-refractivity contribution < 1.29 is 14.3 Å². The molecule has 2 aromatic rings. The summed E-state index contributed by atoms with van der Waals surface area (Å²) in [5.41, 5.74) is 5.95. The van der Waals surface area contributed by atoms with E-state index in [0.29, 0.717) is 6.54 Å². The van der Waals surface area contributed by atoms with Crippen molar-refractivity contribution in [2.75, 3.05) is 34.9 Å². The zero-order valence-corrected chi connectivity index (χ0v) is 15.7. The van der Waals surface area contributed by atoms with Gasteiger partial charge in [-0.2, -0.15) is 0 Å². The third-order valence-corrected chi connectivity index (χ3v) is 5.46. The first-order chi connectivity index (χ1) is 12.6. The number of hydrogen-bond acceptors (Lipinski definition) is 3. The molecular formula is C21H24N2O3. The lowest BCUT2D eigenvalue weighted by Crippen LogP contribution is -2.46. The molecule has 0 saturated carbocycles. The van der Waals surface area contributed by atoms with Gasteiger partial charge in [-0.1, -0.05) is 24.3 Å². The number of ether oxygens (including phenoxy) is 2. The second kappa shape index (κ2) is 6.24. The highest BCUT2D eigenvalue weighted by Crippen LogP contribution is 2.52. The molecule has 1 heterocycles. The maximum Gasteiger partial charge on any atom is 0.320 e. The second-order valence-electron chi connectivity index (χ2n) is 7.06. The average molecular weight is 352 g/mol. The smallest absolute Gasteiger partial charge is 0.320 e. The maximum atomic E-state index is 12.8. The molecule has 4 rings (SSSR count). The van der Waals surface area contributed by atoms with Crippen LogP contribution in [0.5, 0.6) is 11.5 Å². The molecule has 2 amide bonds. The van der Waals surface area contributed by atoms with E-state index >= 15 is 0 Å². The molecule has 0 aromatic heterocycles. The van der Waals surface area contributed by atoms with Gasteiger partial charge < -0.3 is 19.3 Å². The Kier molecular flexibility index (Phi) is 4.02. The van der Waals surface area contributed by atoms with Gasteiger partial charge in [-0.25, -0.2) is 4.79 Å². The fourth-order valence-corrected chi connectivity index (χ4v) is 4.32. The fourth-order valence-electron chi connectivity index (χ4n) is 4.32. The number of benzene rings is 2. The average Bonchev–Trinajstić information content (AvgIpc) is 2.66. The Hall–Kier alpha value is -2.69. The molecule has 0 spiro atoms. The molecule has 5 heteroatoms. The van der Waals surface area contributed by atoms with Crippen molar-refractivity contribution in [3.8, 4) is 22.6 Å². The number of amides is 2. The standard InChI is InChI=1S/C21H24N2O3/c1-22(2)21(24)23-10-9-14-12-17(25-3)20(26-4)19-15-8-6-5-7-13(15)11-16(23)18(14)19/h5-8,12,16H,9-11H2,1-4H3. The molecule has 2 aliphatic rings. The van der Waals surface area contributed by atoms with Gasteiger partial charge in [-0.15, -0.1) is 0 Å². The van der Waals surface area contributed by atoms with Crippen LogP contribution in [0.3, 0.4) is 0 Å². The van der Waals surface area contributed by atoms with Gasteiger partial charge in [0.1, 0.15) is 0 Å². The van der Waals surface area contributed by atoms with E-state index in [0.717, 1.165) is 29.9 Å². The number of carbonyl (C=O) groups excluding carboxylic acids is 1. The summed E-state index contributed by atoms with van der Waals surface area (Å²) in [5.74, 6) is 1.51. The van der Waals surface area contributed by atoms with E-state index in [1.807, 2.05) is 19.0 Å². The van der Waals surface area contributed by atoms with Crippen LogP contribution in [0.4, 0.5) is 4.79 Å². The number of fused-ring (bicyclic) bond motifs is 2. The van der Waals surface area contributed by atoms with Gasteiger partial charge in [-0.3, -0.25) is 0 Å². The Morgan fingerprint density at radius 2 is 1.92 bits per heavy atom. The Morgan fingerprint density at radius 1 is 1.15 bits per heavy atom. The minimum absolute atomic E-state index is 0.0263. The molecule has 0 saturated heterocycles. The van der Waals surface area contributed by atoms with Crippen LogP contribution in [-0.4, -0.2) is 50.7 Å². The zero-order chi connectivity index (χ0) is 18.4. The SMILES string of the molecule is COc1cc2c3c(c1OC)-c1ccccc1CC3N(C(=O)N(C)C)CC2. The molecule has 1 unspecified atom stereocenters. The van der Waals surface area contributed by atoms with Gasteiger partial charge in [-0.05, 0) is 41.2 Å². The first-order valence-corrected chi connectivity index (χ1v) is 8.90. The van der Waals surface area contributed by atoms with Gasteiger partial charge in [0.2, 0.25) is 0 Å². The van der Waals surface area contributed by atoms with E-state index in [9.17, 15) is 4.79 Å². The van der Waals surface area contributed by atoms with Crippen molar-refractivity contribution in [2.24, 2.45) is 0 Å². The molecule has 1 aliphatic carbocycles. The zero-order valence-electron chi connectivity index (χ0n) is 15.7. The molecule has 2 aromatic carbocycles. The number of rotatable bonds is 2. The highest BCUT2D eigenvalue weighted by Gasteiger charge is 2.39. The maximum absolute atomic E-state index is 12.8. The highest BCUT2D eigenvalue weighted by molar-refractivity contribution is 5.85. The molecule has 0 radical (unpaired) electrons. The van der Waals surface area contributed by atoms with Crippen LogP contribution >= 0.6 is 0 Å². The van der Waals surface area contributed by atoms with Crippen molar-refractivity contribution in [3.63, 3.8) is 0 Å². The predicted molar refractivity (Wildman–Crippen MR) is 101 cm³/mol. The first-order valence-electron chi connectivity index (χ1n) is 8.90. The van der Waals surface area contributed by atoms with Crippen molar-refractivity contribution in [1.82, 2.24) is 9.80 Å². The van der Waals surface area contributed by atoms with E-state index < -0.39 is 0 Å². The van der Waals surface area contributed by atoms with Crippen LogP contribution in [0.15, 0.2) is 30.3 Å². The number of urea groups is 1. The molecule has 136 valence electrons. The minimum Gasteiger partial charge on any atom is -0.493 e. The molecule has 1 aliphatic heterocycles. The molecule has 1 atom stereocenters. The van der Waals surface area contributed by atoms with Gasteiger partial charge in [0.25, 0.3) is 0 Å². The lowest BCUT2D eigenvalue weighted by Gasteiger charge is -2.43. The summed E-state index contributed by atoms with van der Waals surface area (Å²) in [7, 11) is 6.97. The van der Waals surface area contributed by atoms with Crippen molar-refractivity contribution in [2.45, 2.75) is 18.9 Å². The minimum atomic E-state index is 0.0263. The Morgan fingerprint density at radius 3 is 2.62 bits per heavy atom. The van der Waals surface area contributed by atoms with Gasteiger partial charge >= 0.3 is 6.03 Å². The highest BCUT2D eigenvalue weighted by atomic mass is 16.5. The van der Waals surface area contributed by atoms with Crippen molar-refractivity contribution >= 4 is 6.03 Å². The quantitative estimate of drug-likeness (QED) is 0.831. The van der Waals surface area contributed by atoms with Crippen LogP contribution in [0.2, 0.25) is 0 Å².